The lowest BCUT2D eigenvalue weighted by Crippen LogP contribution is -2.23. The summed E-state index contributed by atoms with van der Waals surface area (Å²) in [5.74, 6) is 1.33. The Labute approximate surface area is 180 Å². The molecule has 3 aromatic heterocycles. The highest BCUT2D eigenvalue weighted by atomic mass is 35.5. The molecule has 0 fully saturated rings. The Balaban J connectivity index is 1.76. The van der Waals surface area contributed by atoms with Crippen molar-refractivity contribution in [2.75, 3.05) is 0 Å². The number of halogens is 2. The van der Waals surface area contributed by atoms with Gasteiger partial charge in [-0.25, -0.2) is 4.98 Å². The third kappa shape index (κ3) is 3.74. The molecule has 0 aliphatic heterocycles. The van der Waals surface area contributed by atoms with Crippen molar-refractivity contribution in [3.05, 3.63) is 78.8 Å². The molecule has 0 spiro atoms. The number of aryl methyl sites for hydroxylation is 2. The Morgan fingerprint density at radius 2 is 2.04 bits per heavy atom. The number of aromatic nitrogens is 2. The van der Waals surface area contributed by atoms with Gasteiger partial charge in [0, 0.05) is 10.6 Å². The summed E-state index contributed by atoms with van der Waals surface area (Å²) in [6.45, 7) is 4.32. The maximum Gasteiger partial charge on any atom is 0.263 e. The van der Waals surface area contributed by atoms with Crippen molar-refractivity contribution >= 4 is 56.5 Å². The molecule has 0 saturated heterocycles. The first-order valence-corrected chi connectivity index (χ1v) is 11.1. The molecule has 0 atom stereocenters. The molecular weight excluding hydrogens is 435 g/mol. The quantitative estimate of drug-likeness (QED) is 0.263. The van der Waals surface area contributed by atoms with E-state index in [1.54, 1.807) is 28.2 Å². The fourth-order valence-corrected chi connectivity index (χ4v) is 5.23. The molecule has 0 amide bonds. The molecule has 28 heavy (non-hydrogen) atoms. The fourth-order valence-electron chi connectivity index (χ4n) is 2.89. The van der Waals surface area contributed by atoms with Crippen LogP contribution in [0.5, 0.6) is 0 Å². The third-order valence-electron chi connectivity index (χ3n) is 4.50. The maximum atomic E-state index is 13.3. The van der Waals surface area contributed by atoms with E-state index < -0.39 is 0 Å². The lowest BCUT2D eigenvalue weighted by atomic mass is 10.2. The fraction of sp³-hybridized carbons (Fsp3) is 0.200. The Kier molecular flexibility index (Phi) is 5.56. The SMILES string of the molecule is Cc1sc2nc(SCc3ccc(Cl)c(Cl)c3)n(Cc3ccco3)c(=O)c2c1C. The van der Waals surface area contributed by atoms with Crippen LogP contribution in [0.1, 0.15) is 21.8 Å². The van der Waals surface area contributed by atoms with E-state index in [0.717, 1.165) is 20.8 Å². The van der Waals surface area contributed by atoms with E-state index >= 15 is 0 Å². The predicted molar refractivity (Wildman–Crippen MR) is 117 cm³/mol. The molecule has 8 heteroatoms. The molecular formula is C20H16Cl2N2O2S2. The topological polar surface area (TPSA) is 48.0 Å². The van der Waals surface area contributed by atoms with E-state index in [1.807, 2.05) is 38.1 Å². The summed E-state index contributed by atoms with van der Waals surface area (Å²) in [5, 5.41) is 2.38. The number of fused-ring (bicyclic) bond motifs is 1. The standard InChI is InChI=1S/C20H16Cl2N2O2S2/c1-11-12(2)28-18-17(11)19(25)24(9-14-4-3-7-26-14)20(23-18)27-10-13-5-6-15(21)16(22)8-13/h3-8H,9-10H2,1-2H3. The van der Waals surface area contributed by atoms with Gasteiger partial charge in [0.2, 0.25) is 0 Å². The number of benzene rings is 1. The van der Waals surface area contributed by atoms with Gasteiger partial charge in [0.25, 0.3) is 5.56 Å². The zero-order valence-corrected chi connectivity index (χ0v) is 18.3. The van der Waals surface area contributed by atoms with Gasteiger partial charge in [-0.3, -0.25) is 9.36 Å². The van der Waals surface area contributed by atoms with E-state index in [9.17, 15) is 4.79 Å². The molecule has 0 bridgehead atoms. The zero-order chi connectivity index (χ0) is 19.8. The summed E-state index contributed by atoms with van der Waals surface area (Å²) in [6.07, 6.45) is 1.61. The van der Waals surface area contributed by atoms with Gasteiger partial charge in [0.15, 0.2) is 5.16 Å². The normalized spacial score (nSPS) is 11.4. The smallest absolute Gasteiger partial charge is 0.263 e. The van der Waals surface area contributed by atoms with Gasteiger partial charge in [0.05, 0.1) is 28.2 Å². The molecule has 0 aliphatic carbocycles. The highest BCUT2D eigenvalue weighted by Crippen LogP contribution is 2.31. The minimum Gasteiger partial charge on any atom is -0.467 e. The first-order valence-electron chi connectivity index (χ1n) is 8.53. The summed E-state index contributed by atoms with van der Waals surface area (Å²) < 4.78 is 7.14. The van der Waals surface area contributed by atoms with Crippen LogP contribution >= 0.6 is 46.3 Å². The molecule has 0 unspecified atom stereocenters. The van der Waals surface area contributed by atoms with Crippen molar-refractivity contribution in [3.8, 4) is 0 Å². The monoisotopic (exact) mass is 450 g/mol. The second-order valence-electron chi connectivity index (χ2n) is 6.37. The Morgan fingerprint density at radius 3 is 2.75 bits per heavy atom. The van der Waals surface area contributed by atoms with Crippen LogP contribution in [0.3, 0.4) is 0 Å². The van der Waals surface area contributed by atoms with Crippen LogP contribution in [0, 0.1) is 13.8 Å². The first-order chi connectivity index (χ1) is 13.4. The summed E-state index contributed by atoms with van der Waals surface area (Å²) >= 11 is 15.2. The summed E-state index contributed by atoms with van der Waals surface area (Å²) in [4.78, 5) is 19.9. The van der Waals surface area contributed by atoms with Crippen LogP contribution in [-0.4, -0.2) is 9.55 Å². The average Bonchev–Trinajstić information content (AvgIpc) is 3.27. The van der Waals surface area contributed by atoms with E-state index in [0.29, 0.717) is 38.6 Å². The lowest BCUT2D eigenvalue weighted by molar-refractivity contribution is 0.476. The Hall–Kier alpha value is -1.73. The van der Waals surface area contributed by atoms with Crippen molar-refractivity contribution < 1.29 is 4.42 Å². The maximum absolute atomic E-state index is 13.3. The summed E-state index contributed by atoms with van der Waals surface area (Å²) in [5.41, 5.74) is 1.96. The van der Waals surface area contributed by atoms with E-state index in [-0.39, 0.29) is 5.56 Å². The van der Waals surface area contributed by atoms with Crippen molar-refractivity contribution in [1.82, 2.24) is 9.55 Å². The molecule has 4 aromatic rings. The van der Waals surface area contributed by atoms with Crippen molar-refractivity contribution in [1.29, 1.82) is 0 Å². The molecule has 0 aliphatic rings. The van der Waals surface area contributed by atoms with Crippen LogP contribution in [0.2, 0.25) is 10.0 Å². The molecule has 4 rings (SSSR count). The predicted octanol–water partition coefficient (Wildman–Crippen LogP) is 6.32. The molecule has 0 saturated carbocycles. The largest absolute Gasteiger partial charge is 0.467 e. The molecule has 0 radical (unpaired) electrons. The van der Waals surface area contributed by atoms with E-state index in [4.69, 9.17) is 32.6 Å². The van der Waals surface area contributed by atoms with Crippen LogP contribution < -0.4 is 5.56 Å². The van der Waals surface area contributed by atoms with E-state index in [1.165, 1.54) is 11.8 Å². The number of nitrogens with zero attached hydrogens (tertiary/aromatic N) is 2. The van der Waals surface area contributed by atoms with Gasteiger partial charge in [-0.15, -0.1) is 11.3 Å². The number of thiophene rings is 1. The van der Waals surface area contributed by atoms with Gasteiger partial charge >= 0.3 is 0 Å². The van der Waals surface area contributed by atoms with Crippen LogP contribution in [0.4, 0.5) is 0 Å². The van der Waals surface area contributed by atoms with Gasteiger partial charge in [-0.2, -0.15) is 0 Å². The van der Waals surface area contributed by atoms with Gasteiger partial charge < -0.3 is 4.42 Å². The van der Waals surface area contributed by atoms with Crippen LogP contribution in [0.25, 0.3) is 10.2 Å². The zero-order valence-electron chi connectivity index (χ0n) is 15.2. The van der Waals surface area contributed by atoms with Crippen molar-refractivity contribution in [2.45, 2.75) is 31.3 Å². The molecule has 3 heterocycles. The van der Waals surface area contributed by atoms with Crippen LogP contribution in [0.15, 0.2) is 51.0 Å². The molecule has 0 N–H and O–H groups in total. The van der Waals surface area contributed by atoms with Gasteiger partial charge in [0.1, 0.15) is 10.6 Å². The van der Waals surface area contributed by atoms with E-state index in [2.05, 4.69) is 0 Å². The number of hydrogen-bond acceptors (Lipinski definition) is 5. The third-order valence-corrected chi connectivity index (χ3v) is 7.39. The highest BCUT2D eigenvalue weighted by Gasteiger charge is 2.18. The first kappa shape index (κ1) is 19.6. The number of thioether (sulfide) groups is 1. The number of furan rings is 1. The minimum absolute atomic E-state index is 0.0418. The Morgan fingerprint density at radius 1 is 1.21 bits per heavy atom. The minimum atomic E-state index is -0.0418. The van der Waals surface area contributed by atoms with Gasteiger partial charge in [-0.05, 0) is 49.2 Å². The number of hydrogen-bond donors (Lipinski definition) is 0. The molecule has 1 aromatic carbocycles. The molecule has 144 valence electrons. The van der Waals surface area contributed by atoms with Crippen molar-refractivity contribution in [3.63, 3.8) is 0 Å². The highest BCUT2D eigenvalue weighted by molar-refractivity contribution is 7.98. The summed E-state index contributed by atoms with van der Waals surface area (Å²) in [7, 11) is 0. The average molecular weight is 451 g/mol. The summed E-state index contributed by atoms with van der Waals surface area (Å²) in [6, 6.07) is 9.21. The van der Waals surface area contributed by atoms with Crippen LogP contribution in [-0.2, 0) is 12.3 Å². The lowest BCUT2D eigenvalue weighted by Gasteiger charge is -2.11. The molecule has 4 nitrogen and oxygen atoms in total. The second kappa shape index (κ2) is 7.95. The van der Waals surface area contributed by atoms with Crippen molar-refractivity contribution in [2.24, 2.45) is 0 Å². The second-order valence-corrected chi connectivity index (χ2v) is 9.33. The van der Waals surface area contributed by atoms with Gasteiger partial charge in [-0.1, -0.05) is 41.0 Å². The Bertz CT molecular complexity index is 1210. The number of rotatable bonds is 5.